The van der Waals surface area contributed by atoms with Gasteiger partial charge in [0.15, 0.2) is 5.60 Å². The van der Waals surface area contributed by atoms with Crippen LogP contribution in [0.15, 0.2) is 18.2 Å². The van der Waals surface area contributed by atoms with Crippen molar-refractivity contribution in [2.75, 3.05) is 6.61 Å². The molecule has 1 atom stereocenters. The number of carbonyl (C=O) groups excluding carboxylic acids is 1. The number of ether oxygens (including phenoxy) is 2. The standard InChI is InChI=1S/C19H25NO3/c1-13-3-4-15(14-5-8-18(22-12-14)6-2-7-18)16(11-13)23-19(9-10-19)17(20)21/h3-4,11,14H,2,5-10,12H2,1H3,(H2,20,21). The Bertz CT molecular complexity index is 622. The maximum absolute atomic E-state index is 11.7. The van der Waals surface area contributed by atoms with Crippen LogP contribution >= 0.6 is 0 Å². The molecule has 4 nitrogen and oxygen atoms in total. The first kappa shape index (κ1) is 15.0. The van der Waals surface area contributed by atoms with Gasteiger partial charge in [-0.25, -0.2) is 0 Å². The number of nitrogens with two attached hydrogens (primary N) is 1. The Hall–Kier alpha value is -1.55. The average Bonchev–Trinajstić information content (AvgIpc) is 3.27. The first-order valence-corrected chi connectivity index (χ1v) is 8.75. The fourth-order valence-corrected chi connectivity index (χ4v) is 3.87. The van der Waals surface area contributed by atoms with E-state index < -0.39 is 5.60 Å². The molecule has 1 aliphatic heterocycles. The van der Waals surface area contributed by atoms with Crippen LogP contribution in [0.25, 0.3) is 0 Å². The summed E-state index contributed by atoms with van der Waals surface area (Å²) in [4.78, 5) is 11.7. The van der Waals surface area contributed by atoms with Gasteiger partial charge in [0.25, 0.3) is 5.91 Å². The number of amides is 1. The van der Waals surface area contributed by atoms with Crippen LogP contribution in [0, 0.1) is 6.92 Å². The number of benzene rings is 1. The third-order valence-electron chi connectivity index (χ3n) is 5.87. The van der Waals surface area contributed by atoms with Gasteiger partial charge in [0.1, 0.15) is 5.75 Å². The molecule has 3 fully saturated rings. The third-order valence-corrected chi connectivity index (χ3v) is 5.87. The van der Waals surface area contributed by atoms with Crippen LogP contribution in [0.1, 0.15) is 62.0 Å². The molecule has 1 spiro atoms. The molecule has 2 aliphatic carbocycles. The van der Waals surface area contributed by atoms with Crippen molar-refractivity contribution in [3.63, 3.8) is 0 Å². The van der Waals surface area contributed by atoms with Gasteiger partial charge >= 0.3 is 0 Å². The number of rotatable bonds is 4. The second-order valence-electron chi connectivity index (χ2n) is 7.59. The summed E-state index contributed by atoms with van der Waals surface area (Å²) in [6.07, 6.45) is 7.42. The van der Waals surface area contributed by atoms with Crippen molar-refractivity contribution in [2.45, 2.75) is 69.0 Å². The number of aryl methyl sites for hydroxylation is 1. The summed E-state index contributed by atoms with van der Waals surface area (Å²) >= 11 is 0. The van der Waals surface area contributed by atoms with E-state index in [2.05, 4.69) is 12.1 Å². The molecule has 1 unspecified atom stereocenters. The zero-order valence-corrected chi connectivity index (χ0v) is 13.8. The second-order valence-corrected chi connectivity index (χ2v) is 7.59. The minimum atomic E-state index is -0.771. The van der Waals surface area contributed by atoms with Crippen molar-refractivity contribution >= 4 is 5.91 Å². The van der Waals surface area contributed by atoms with E-state index in [1.807, 2.05) is 13.0 Å². The lowest BCUT2D eigenvalue weighted by Crippen LogP contribution is -2.44. The monoisotopic (exact) mass is 315 g/mol. The van der Waals surface area contributed by atoms with Crippen LogP contribution < -0.4 is 10.5 Å². The van der Waals surface area contributed by atoms with Gasteiger partial charge in [0.2, 0.25) is 0 Å². The molecule has 1 amide bonds. The molecule has 0 bridgehead atoms. The third kappa shape index (κ3) is 2.63. The Morgan fingerprint density at radius 1 is 1.26 bits per heavy atom. The number of primary amides is 1. The fourth-order valence-electron chi connectivity index (χ4n) is 3.87. The molecule has 2 N–H and O–H groups in total. The maximum atomic E-state index is 11.7. The van der Waals surface area contributed by atoms with Gasteiger partial charge in [-0.15, -0.1) is 0 Å². The molecule has 0 aromatic heterocycles. The lowest BCUT2D eigenvalue weighted by molar-refractivity contribution is -0.134. The average molecular weight is 315 g/mol. The minimum absolute atomic E-state index is 0.174. The van der Waals surface area contributed by atoms with Crippen LogP contribution in [0.2, 0.25) is 0 Å². The van der Waals surface area contributed by atoms with E-state index >= 15 is 0 Å². The lowest BCUT2D eigenvalue weighted by Gasteiger charge is -2.46. The largest absolute Gasteiger partial charge is 0.477 e. The van der Waals surface area contributed by atoms with E-state index in [1.165, 1.54) is 19.3 Å². The molecule has 0 radical (unpaired) electrons. The van der Waals surface area contributed by atoms with Crippen molar-refractivity contribution in [1.82, 2.24) is 0 Å². The van der Waals surface area contributed by atoms with E-state index in [-0.39, 0.29) is 11.5 Å². The zero-order valence-electron chi connectivity index (χ0n) is 13.8. The van der Waals surface area contributed by atoms with Crippen LogP contribution in [0.4, 0.5) is 0 Å². The van der Waals surface area contributed by atoms with Crippen LogP contribution in [-0.4, -0.2) is 23.7 Å². The highest BCUT2D eigenvalue weighted by atomic mass is 16.5. The molecule has 1 aromatic carbocycles. The molecular weight excluding hydrogens is 290 g/mol. The van der Waals surface area contributed by atoms with Gasteiger partial charge in [-0.1, -0.05) is 12.1 Å². The summed E-state index contributed by atoms with van der Waals surface area (Å²) in [5.41, 5.74) is 7.22. The molecule has 1 saturated heterocycles. The van der Waals surface area contributed by atoms with Crippen molar-refractivity contribution in [3.8, 4) is 5.75 Å². The SMILES string of the molecule is Cc1ccc(C2CCC3(CCC3)OC2)c(OC2(C(N)=O)CC2)c1. The van der Waals surface area contributed by atoms with Gasteiger partial charge in [0.05, 0.1) is 12.2 Å². The molecular formula is C19H25NO3. The topological polar surface area (TPSA) is 61.6 Å². The molecule has 3 aliphatic rings. The molecule has 1 aromatic rings. The summed E-state index contributed by atoms with van der Waals surface area (Å²) in [7, 11) is 0. The normalized spacial score (nSPS) is 27.3. The number of carbonyl (C=O) groups is 1. The van der Waals surface area contributed by atoms with E-state index in [0.717, 1.165) is 49.2 Å². The molecule has 124 valence electrons. The quantitative estimate of drug-likeness (QED) is 0.928. The van der Waals surface area contributed by atoms with Crippen molar-refractivity contribution in [1.29, 1.82) is 0 Å². The van der Waals surface area contributed by atoms with E-state index in [0.29, 0.717) is 5.92 Å². The highest BCUT2D eigenvalue weighted by Crippen LogP contribution is 2.48. The number of hydrogen-bond acceptors (Lipinski definition) is 3. The van der Waals surface area contributed by atoms with Crippen LogP contribution in [-0.2, 0) is 9.53 Å². The molecule has 4 heteroatoms. The Morgan fingerprint density at radius 3 is 2.57 bits per heavy atom. The summed E-state index contributed by atoms with van der Waals surface area (Å²) in [6.45, 7) is 2.80. The Labute approximate surface area is 137 Å². The molecule has 23 heavy (non-hydrogen) atoms. The van der Waals surface area contributed by atoms with E-state index in [1.54, 1.807) is 0 Å². The Kier molecular flexibility index (Phi) is 3.41. The smallest absolute Gasteiger partial charge is 0.261 e. The Balaban J connectivity index is 1.55. The summed E-state index contributed by atoms with van der Waals surface area (Å²) in [6, 6.07) is 6.28. The van der Waals surface area contributed by atoms with Gasteiger partial charge in [-0.05, 0) is 56.2 Å². The maximum Gasteiger partial charge on any atom is 0.261 e. The van der Waals surface area contributed by atoms with Gasteiger partial charge in [-0.3, -0.25) is 4.79 Å². The van der Waals surface area contributed by atoms with Crippen molar-refractivity contribution < 1.29 is 14.3 Å². The minimum Gasteiger partial charge on any atom is -0.477 e. The van der Waals surface area contributed by atoms with Gasteiger partial charge < -0.3 is 15.2 Å². The van der Waals surface area contributed by atoms with Crippen molar-refractivity contribution in [2.24, 2.45) is 5.73 Å². The fraction of sp³-hybridized carbons (Fsp3) is 0.632. The first-order chi connectivity index (χ1) is 11.0. The zero-order chi connectivity index (χ0) is 16.1. The summed E-state index contributed by atoms with van der Waals surface area (Å²) in [5.74, 6) is 0.818. The Morgan fingerprint density at radius 2 is 2.04 bits per heavy atom. The van der Waals surface area contributed by atoms with Gasteiger partial charge in [-0.2, -0.15) is 0 Å². The molecule has 2 saturated carbocycles. The van der Waals surface area contributed by atoms with Crippen LogP contribution in [0.5, 0.6) is 5.75 Å². The van der Waals surface area contributed by atoms with E-state index in [4.69, 9.17) is 15.2 Å². The molecule has 4 rings (SSSR count). The molecule has 1 heterocycles. The second kappa shape index (κ2) is 5.23. The van der Waals surface area contributed by atoms with Crippen molar-refractivity contribution in [3.05, 3.63) is 29.3 Å². The summed E-state index contributed by atoms with van der Waals surface area (Å²) < 4.78 is 12.3. The predicted octanol–water partition coefficient (Wildman–Crippen LogP) is 3.21. The van der Waals surface area contributed by atoms with Crippen LogP contribution in [0.3, 0.4) is 0 Å². The summed E-state index contributed by atoms with van der Waals surface area (Å²) in [5, 5.41) is 0. The number of hydrogen-bond donors (Lipinski definition) is 1. The van der Waals surface area contributed by atoms with E-state index in [9.17, 15) is 4.79 Å². The highest BCUT2D eigenvalue weighted by Gasteiger charge is 2.52. The highest BCUT2D eigenvalue weighted by molar-refractivity contribution is 5.87. The lowest BCUT2D eigenvalue weighted by atomic mass is 9.73. The van der Waals surface area contributed by atoms with Gasteiger partial charge in [0, 0.05) is 18.8 Å². The predicted molar refractivity (Wildman–Crippen MR) is 87.5 cm³/mol. The first-order valence-electron chi connectivity index (χ1n) is 8.75.